The van der Waals surface area contributed by atoms with Crippen LogP contribution in [0.2, 0.25) is 0 Å². The average molecular weight is 302 g/mol. The van der Waals surface area contributed by atoms with Crippen LogP contribution in [-0.4, -0.2) is 29.0 Å². The van der Waals surface area contributed by atoms with E-state index in [1.807, 2.05) is 29.7 Å². The third-order valence-electron chi connectivity index (χ3n) is 3.08. The standard InChI is InChI=1S/C14H14N4O2S/c1-10-13(16-14-15-7-4-8-18(10)14)11-5-3-6-12(9-11)17-21(2,19)20/h3-9,17H,1-2H3. The summed E-state index contributed by atoms with van der Waals surface area (Å²) < 4.78 is 27.0. The summed E-state index contributed by atoms with van der Waals surface area (Å²) in [4.78, 5) is 8.71. The Morgan fingerprint density at radius 1 is 1.24 bits per heavy atom. The molecule has 2 heterocycles. The van der Waals surface area contributed by atoms with Crippen LogP contribution in [0.5, 0.6) is 0 Å². The molecule has 2 aromatic heterocycles. The van der Waals surface area contributed by atoms with E-state index in [-0.39, 0.29) is 0 Å². The van der Waals surface area contributed by atoms with E-state index < -0.39 is 10.0 Å². The van der Waals surface area contributed by atoms with E-state index >= 15 is 0 Å². The number of aromatic nitrogens is 3. The zero-order valence-corrected chi connectivity index (χ0v) is 12.4. The second-order valence-corrected chi connectivity index (χ2v) is 6.54. The normalized spacial score (nSPS) is 11.7. The molecule has 0 spiro atoms. The van der Waals surface area contributed by atoms with Crippen molar-refractivity contribution < 1.29 is 8.42 Å². The predicted octanol–water partition coefficient (Wildman–Crippen LogP) is 2.08. The van der Waals surface area contributed by atoms with Crippen LogP contribution in [0.15, 0.2) is 42.7 Å². The van der Waals surface area contributed by atoms with E-state index in [2.05, 4.69) is 14.7 Å². The molecular formula is C14H14N4O2S. The van der Waals surface area contributed by atoms with Crippen LogP contribution in [-0.2, 0) is 10.0 Å². The zero-order valence-electron chi connectivity index (χ0n) is 11.6. The summed E-state index contributed by atoms with van der Waals surface area (Å²) in [7, 11) is -3.30. The van der Waals surface area contributed by atoms with E-state index in [0.717, 1.165) is 23.2 Å². The van der Waals surface area contributed by atoms with Crippen molar-refractivity contribution in [2.75, 3.05) is 11.0 Å². The lowest BCUT2D eigenvalue weighted by Gasteiger charge is -2.05. The van der Waals surface area contributed by atoms with E-state index in [1.165, 1.54) is 0 Å². The van der Waals surface area contributed by atoms with Crippen LogP contribution in [0.25, 0.3) is 17.0 Å². The highest BCUT2D eigenvalue weighted by Gasteiger charge is 2.11. The summed E-state index contributed by atoms with van der Waals surface area (Å²) in [5, 5.41) is 0. The van der Waals surface area contributed by atoms with Gasteiger partial charge < -0.3 is 0 Å². The highest BCUT2D eigenvalue weighted by atomic mass is 32.2. The molecule has 1 aromatic carbocycles. The van der Waals surface area contributed by atoms with Crippen LogP contribution < -0.4 is 4.72 Å². The molecule has 0 atom stereocenters. The molecule has 1 N–H and O–H groups in total. The first kappa shape index (κ1) is 13.6. The number of aryl methyl sites for hydroxylation is 1. The van der Waals surface area contributed by atoms with E-state index in [1.54, 1.807) is 24.4 Å². The summed E-state index contributed by atoms with van der Waals surface area (Å²) in [6.07, 6.45) is 4.71. The van der Waals surface area contributed by atoms with Gasteiger partial charge in [-0.05, 0) is 25.1 Å². The Kier molecular flexibility index (Phi) is 3.13. The third-order valence-corrected chi connectivity index (χ3v) is 3.69. The first-order valence-corrected chi connectivity index (χ1v) is 8.21. The molecule has 0 unspecified atom stereocenters. The Bertz CT molecular complexity index is 916. The summed E-state index contributed by atoms with van der Waals surface area (Å²) in [5.74, 6) is 0.617. The van der Waals surface area contributed by atoms with Crippen molar-refractivity contribution in [3.63, 3.8) is 0 Å². The summed E-state index contributed by atoms with van der Waals surface area (Å²) in [5.41, 5.74) is 3.09. The predicted molar refractivity (Wildman–Crippen MR) is 81.6 cm³/mol. The van der Waals surface area contributed by atoms with Gasteiger partial charge in [-0.25, -0.2) is 18.4 Å². The Labute approximate surface area is 122 Å². The van der Waals surface area contributed by atoms with Crippen LogP contribution in [0, 0.1) is 6.92 Å². The second kappa shape index (κ2) is 4.85. The van der Waals surface area contributed by atoms with Crippen LogP contribution >= 0.6 is 0 Å². The van der Waals surface area contributed by atoms with Gasteiger partial charge in [0.25, 0.3) is 0 Å². The third kappa shape index (κ3) is 2.73. The Morgan fingerprint density at radius 2 is 2.05 bits per heavy atom. The number of hydrogen-bond donors (Lipinski definition) is 1. The number of benzene rings is 1. The lowest BCUT2D eigenvalue weighted by Crippen LogP contribution is -2.09. The molecule has 0 saturated carbocycles. The minimum atomic E-state index is -3.30. The first-order chi connectivity index (χ1) is 9.94. The molecule has 0 amide bonds. The molecule has 0 aliphatic carbocycles. The molecule has 0 aliphatic rings. The number of rotatable bonds is 3. The maximum Gasteiger partial charge on any atom is 0.234 e. The maximum atomic E-state index is 11.3. The van der Waals surface area contributed by atoms with Gasteiger partial charge in [0, 0.05) is 29.3 Å². The largest absolute Gasteiger partial charge is 0.288 e. The number of imidazole rings is 1. The molecule has 108 valence electrons. The number of hydrogen-bond acceptors (Lipinski definition) is 4. The Balaban J connectivity index is 2.10. The van der Waals surface area contributed by atoms with Crippen molar-refractivity contribution in [2.24, 2.45) is 0 Å². The summed E-state index contributed by atoms with van der Waals surface area (Å²) in [6.45, 7) is 1.95. The van der Waals surface area contributed by atoms with Gasteiger partial charge in [0.2, 0.25) is 15.8 Å². The Hall–Kier alpha value is -2.41. The topological polar surface area (TPSA) is 76.4 Å². The fraction of sp³-hybridized carbons (Fsp3) is 0.143. The van der Waals surface area contributed by atoms with Crippen molar-refractivity contribution in [2.45, 2.75) is 6.92 Å². The van der Waals surface area contributed by atoms with Crippen molar-refractivity contribution in [1.82, 2.24) is 14.4 Å². The molecule has 21 heavy (non-hydrogen) atoms. The number of sulfonamides is 1. The molecular weight excluding hydrogens is 288 g/mol. The van der Waals surface area contributed by atoms with E-state index in [0.29, 0.717) is 11.5 Å². The van der Waals surface area contributed by atoms with Crippen LogP contribution in [0.1, 0.15) is 5.69 Å². The fourth-order valence-electron chi connectivity index (χ4n) is 2.22. The average Bonchev–Trinajstić information content (AvgIpc) is 2.75. The van der Waals surface area contributed by atoms with E-state index in [9.17, 15) is 8.42 Å². The fourth-order valence-corrected chi connectivity index (χ4v) is 2.78. The maximum absolute atomic E-state index is 11.3. The first-order valence-electron chi connectivity index (χ1n) is 6.32. The second-order valence-electron chi connectivity index (χ2n) is 4.79. The molecule has 0 saturated heterocycles. The van der Waals surface area contributed by atoms with Crippen molar-refractivity contribution in [3.8, 4) is 11.3 Å². The minimum Gasteiger partial charge on any atom is -0.288 e. The number of nitrogens with zero attached hydrogens (tertiary/aromatic N) is 3. The van der Waals surface area contributed by atoms with Gasteiger partial charge in [0.1, 0.15) is 0 Å². The molecule has 6 nitrogen and oxygen atoms in total. The van der Waals surface area contributed by atoms with Crippen LogP contribution in [0.4, 0.5) is 5.69 Å². The SMILES string of the molecule is Cc1c(-c2cccc(NS(C)(=O)=O)c2)nc2ncccn12. The van der Waals surface area contributed by atoms with Crippen LogP contribution in [0.3, 0.4) is 0 Å². The van der Waals surface area contributed by atoms with Gasteiger partial charge in [-0.15, -0.1) is 0 Å². The van der Waals surface area contributed by atoms with Crippen molar-refractivity contribution in [1.29, 1.82) is 0 Å². The molecule has 0 fully saturated rings. The van der Waals surface area contributed by atoms with Gasteiger partial charge in [-0.3, -0.25) is 9.12 Å². The monoisotopic (exact) mass is 302 g/mol. The number of fused-ring (bicyclic) bond motifs is 1. The molecule has 0 bridgehead atoms. The van der Waals surface area contributed by atoms with Gasteiger partial charge in [-0.1, -0.05) is 12.1 Å². The number of anilines is 1. The Morgan fingerprint density at radius 3 is 2.76 bits per heavy atom. The highest BCUT2D eigenvalue weighted by Crippen LogP contribution is 2.25. The molecule has 0 aliphatic heterocycles. The minimum absolute atomic E-state index is 0.513. The van der Waals surface area contributed by atoms with Crippen molar-refractivity contribution in [3.05, 3.63) is 48.4 Å². The quantitative estimate of drug-likeness (QED) is 0.803. The summed E-state index contributed by atoms with van der Waals surface area (Å²) in [6, 6.07) is 8.98. The van der Waals surface area contributed by atoms with Gasteiger partial charge in [0.05, 0.1) is 11.9 Å². The molecule has 7 heteroatoms. The molecule has 3 rings (SSSR count). The summed E-state index contributed by atoms with van der Waals surface area (Å²) >= 11 is 0. The molecule has 3 aromatic rings. The van der Waals surface area contributed by atoms with Gasteiger partial charge in [0.15, 0.2) is 0 Å². The number of nitrogens with one attached hydrogen (secondary N) is 1. The molecule has 0 radical (unpaired) electrons. The van der Waals surface area contributed by atoms with Crippen molar-refractivity contribution >= 4 is 21.5 Å². The zero-order chi connectivity index (χ0) is 15.0. The van der Waals surface area contributed by atoms with Gasteiger partial charge in [-0.2, -0.15) is 0 Å². The lowest BCUT2D eigenvalue weighted by atomic mass is 10.1. The highest BCUT2D eigenvalue weighted by molar-refractivity contribution is 7.92. The lowest BCUT2D eigenvalue weighted by molar-refractivity contribution is 0.607. The van der Waals surface area contributed by atoms with E-state index in [4.69, 9.17) is 0 Å². The van der Waals surface area contributed by atoms with Gasteiger partial charge >= 0.3 is 0 Å². The smallest absolute Gasteiger partial charge is 0.234 e.